The highest BCUT2D eigenvalue weighted by atomic mass is 16.7. The Bertz CT molecular complexity index is 308. The van der Waals surface area contributed by atoms with Gasteiger partial charge in [-0.1, -0.05) is 0 Å². The van der Waals surface area contributed by atoms with Crippen LogP contribution >= 0.6 is 0 Å². The van der Waals surface area contributed by atoms with Crippen LogP contribution in [0.25, 0.3) is 0 Å². The third-order valence-electron chi connectivity index (χ3n) is 2.07. The highest BCUT2D eigenvalue weighted by Gasteiger charge is 2.14. The second-order valence-electron chi connectivity index (χ2n) is 2.98. The number of aromatic nitrogens is 2. The summed E-state index contributed by atoms with van der Waals surface area (Å²) in [5.74, 6) is 0.780. The molecule has 1 aliphatic heterocycles. The molecule has 5 heteroatoms. The Morgan fingerprint density at radius 1 is 1.64 bits per heavy atom. The maximum absolute atomic E-state index is 5.29. The van der Waals surface area contributed by atoms with E-state index in [4.69, 9.17) is 9.47 Å². The van der Waals surface area contributed by atoms with E-state index in [1.165, 1.54) is 0 Å². The molecular weight excluding hydrogens is 182 g/mol. The SMILES string of the molecule is CCN(Cc1cnc[nH]1)C1=COCO1. The van der Waals surface area contributed by atoms with Gasteiger partial charge in [-0.15, -0.1) is 0 Å². The Labute approximate surface area is 82.3 Å². The Hall–Kier alpha value is -1.65. The van der Waals surface area contributed by atoms with Crippen LogP contribution in [0.5, 0.6) is 0 Å². The van der Waals surface area contributed by atoms with Crippen molar-refractivity contribution in [3.63, 3.8) is 0 Å². The molecule has 1 aromatic rings. The molecule has 5 nitrogen and oxygen atoms in total. The molecule has 0 spiro atoms. The predicted molar refractivity (Wildman–Crippen MR) is 49.8 cm³/mol. The molecule has 0 unspecified atom stereocenters. The maximum atomic E-state index is 5.29. The molecule has 0 saturated heterocycles. The van der Waals surface area contributed by atoms with Gasteiger partial charge in [0.1, 0.15) is 6.26 Å². The van der Waals surface area contributed by atoms with Gasteiger partial charge in [-0.25, -0.2) is 4.98 Å². The summed E-state index contributed by atoms with van der Waals surface area (Å²) in [7, 11) is 0. The molecule has 2 heterocycles. The number of hydrogen-bond acceptors (Lipinski definition) is 4. The number of ether oxygens (including phenoxy) is 2. The molecule has 0 radical (unpaired) electrons. The Morgan fingerprint density at radius 3 is 3.14 bits per heavy atom. The monoisotopic (exact) mass is 195 g/mol. The first-order valence-corrected chi connectivity index (χ1v) is 4.57. The molecule has 0 aromatic carbocycles. The van der Waals surface area contributed by atoms with E-state index >= 15 is 0 Å². The topological polar surface area (TPSA) is 50.4 Å². The molecule has 1 aliphatic rings. The molecule has 2 rings (SSSR count). The number of hydrogen-bond donors (Lipinski definition) is 1. The zero-order valence-corrected chi connectivity index (χ0v) is 8.06. The molecule has 0 bridgehead atoms. The van der Waals surface area contributed by atoms with Crippen molar-refractivity contribution in [1.29, 1.82) is 0 Å². The molecule has 0 amide bonds. The first-order valence-electron chi connectivity index (χ1n) is 4.57. The summed E-state index contributed by atoms with van der Waals surface area (Å²) in [4.78, 5) is 9.08. The summed E-state index contributed by atoms with van der Waals surface area (Å²) in [5.41, 5.74) is 1.06. The van der Waals surface area contributed by atoms with Crippen LogP contribution in [0.4, 0.5) is 0 Å². The normalized spacial score (nSPS) is 14.5. The van der Waals surface area contributed by atoms with Crippen LogP contribution < -0.4 is 0 Å². The first-order chi connectivity index (χ1) is 6.90. The Kier molecular flexibility index (Phi) is 2.58. The lowest BCUT2D eigenvalue weighted by Crippen LogP contribution is -2.22. The molecule has 0 atom stereocenters. The lowest BCUT2D eigenvalue weighted by molar-refractivity contribution is 0.0476. The molecule has 0 saturated carbocycles. The molecular formula is C9H13N3O2. The fourth-order valence-corrected chi connectivity index (χ4v) is 1.32. The van der Waals surface area contributed by atoms with Gasteiger partial charge in [0.15, 0.2) is 0 Å². The molecule has 76 valence electrons. The van der Waals surface area contributed by atoms with Crippen molar-refractivity contribution >= 4 is 0 Å². The maximum Gasteiger partial charge on any atom is 0.232 e. The average molecular weight is 195 g/mol. The van der Waals surface area contributed by atoms with E-state index in [1.807, 2.05) is 0 Å². The van der Waals surface area contributed by atoms with Crippen LogP contribution in [0.2, 0.25) is 0 Å². The highest BCUT2D eigenvalue weighted by Crippen LogP contribution is 2.14. The zero-order valence-electron chi connectivity index (χ0n) is 8.06. The summed E-state index contributed by atoms with van der Waals surface area (Å²) < 4.78 is 10.3. The fourth-order valence-electron chi connectivity index (χ4n) is 1.32. The third kappa shape index (κ3) is 1.81. The molecule has 1 N–H and O–H groups in total. The van der Waals surface area contributed by atoms with Gasteiger partial charge < -0.3 is 19.4 Å². The summed E-state index contributed by atoms with van der Waals surface area (Å²) in [6.45, 7) is 4.01. The van der Waals surface area contributed by atoms with Crippen molar-refractivity contribution in [2.75, 3.05) is 13.3 Å². The number of nitrogens with one attached hydrogen (secondary N) is 1. The van der Waals surface area contributed by atoms with Crippen molar-refractivity contribution in [1.82, 2.24) is 14.9 Å². The van der Waals surface area contributed by atoms with Crippen LogP contribution in [-0.4, -0.2) is 28.2 Å². The van der Waals surface area contributed by atoms with Gasteiger partial charge in [-0.05, 0) is 6.92 Å². The standard InChI is InChI=1S/C9H13N3O2/c1-2-12(9-5-13-7-14-9)4-8-3-10-6-11-8/h3,5-6H,2,4,7H2,1H3,(H,10,11). The van der Waals surface area contributed by atoms with Gasteiger partial charge in [0.2, 0.25) is 12.7 Å². The first kappa shape index (κ1) is 8.93. The largest absolute Gasteiger partial charge is 0.459 e. The van der Waals surface area contributed by atoms with Crippen LogP contribution in [0, 0.1) is 0 Å². The number of aromatic amines is 1. The van der Waals surface area contributed by atoms with Crippen molar-refractivity contribution in [2.24, 2.45) is 0 Å². The molecule has 1 aromatic heterocycles. The van der Waals surface area contributed by atoms with Gasteiger partial charge in [0.05, 0.1) is 18.6 Å². The lowest BCUT2D eigenvalue weighted by atomic mass is 10.4. The lowest BCUT2D eigenvalue weighted by Gasteiger charge is -2.20. The summed E-state index contributed by atoms with van der Waals surface area (Å²) in [6.07, 6.45) is 5.11. The quantitative estimate of drug-likeness (QED) is 0.779. The van der Waals surface area contributed by atoms with E-state index in [0.29, 0.717) is 6.79 Å². The van der Waals surface area contributed by atoms with Crippen LogP contribution in [0.1, 0.15) is 12.6 Å². The summed E-state index contributed by atoms with van der Waals surface area (Å²) in [6, 6.07) is 0. The van der Waals surface area contributed by atoms with Crippen molar-refractivity contribution in [2.45, 2.75) is 13.5 Å². The number of nitrogens with zero attached hydrogens (tertiary/aromatic N) is 2. The van der Waals surface area contributed by atoms with E-state index in [1.54, 1.807) is 18.8 Å². The minimum atomic E-state index is 0.314. The second kappa shape index (κ2) is 4.04. The van der Waals surface area contributed by atoms with Crippen molar-refractivity contribution < 1.29 is 9.47 Å². The third-order valence-corrected chi connectivity index (χ3v) is 2.07. The number of imidazole rings is 1. The molecule has 0 fully saturated rings. The smallest absolute Gasteiger partial charge is 0.232 e. The van der Waals surface area contributed by atoms with Gasteiger partial charge >= 0.3 is 0 Å². The van der Waals surface area contributed by atoms with Gasteiger partial charge in [0, 0.05) is 12.7 Å². The number of H-pyrrole nitrogens is 1. The van der Waals surface area contributed by atoms with E-state index in [2.05, 4.69) is 21.8 Å². The van der Waals surface area contributed by atoms with Gasteiger partial charge in [-0.3, -0.25) is 0 Å². The van der Waals surface area contributed by atoms with Crippen molar-refractivity contribution in [3.8, 4) is 0 Å². The summed E-state index contributed by atoms with van der Waals surface area (Å²) in [5, 5.41) is 0. The van der Waals surface area contributed by atoms with E-state index in [9.17, 15) is 0 Å². The van der Waals surface area contributed by atoms with E-state index in [-0.39, 0.29) is 0 Å². The van der Waals surface area contributed by atoms with Crippen LogP contribution in [-0.2, 0) is 16.0 Å². The van der Waals surface area contributed by atoms with Gasteiger partial charge in [0.25, 0.3) is 0 Å². The molecule has 14 heavy (non-hydrogen) atoms. The van der Waals surface area contributed by atoms with E-state index in [0.717, 1.165) is 24.7 Å². The summed E-state index contributed by atoms with van der Waals surface area (Å²) >= 11 is 0. The second-order valence-corrected chi connectivity index (χ2v) is 2.98. The molecule has 0 aliphatic carbocycles. The minimum Gasteiger partial charge on any atom is -0.459 e. The Balaban J connectivity index is 1.99. The number of rotatable bonds is 4. The zero-order chi connectivity index (χ0) is 9.80. The minimum absolute atomic E-state index is 0.314. The van der Waals surface area contributed by atoms with Crippen LogP contribution in [0.3, 0.4) is 0 Å². The van der Waals surface area contributed by atoms with Crippen LogP contribution in [0.15, 0.2) is 24.7 Å². The van der Waals surface area contributed by atoms with E-state index < -0.39 is 0 Å². The van der Waals surface area contributed by atoms with Crippen molar-refractivity contribution in [3.05, 3.63) is 30.4 Å². The Morgan fingerprint density at radius 2 is 2.57 bits per heavy atom. The predicted octanol–water partition coefficient (Wildman–Crippen LogP) is 1.03. The highest BCUT2D eigenvalue weighted by molar-refractivity contribution is 4.99. The van der Waals surface area contributed by atoms with Gasteiger partial charge in [-0.2, -0.15) is 0 Å². The fraction of sp³-hybridized carbons (Fsp3) is 0.444. The average Bonchev–Trinajstić information content (AvgIpc) is 2.86.